The van der Waals surface area contributed by atoms with Crippen LogP contribution in [0.2, 0.25) is 0 Å². The Labute approximate surface area is 102 Å². The molecule has 3 nitrogen and oxygen atoms in total. The second kappa shape index (κ2) is 3.98. The summed E-state index contributed by atoms with van der Waals surface area (Å²) in [5.74, 6) is -0.126. The van der Waals surface area contributed by atoms with Crippen LogP contribution >= 0.6 is 0 Å². The lowest BCUT2D eigenvalue weighted by atomic mass is 9.57. The fourth-order valence-corrected chi connectivity index (χ4v) is 3.32. The van der Waals surface area contributed by atoms with Gasteiger partial charge in [-0.15, -0.1) is 0 Å². The molecule has 3 aliphatic carbocycles. The van der Waals surface area contributed by atoms with Gasteiger partial charge < -0.3 is 9.84 Å². The van der Waals surface area contributed by atoms with E-state index in [9.17, 15) is 9.90 Å². The number of methoxy groups -OCH3 is 1. The Balaban J connectivity index is 2.36. The zero-order valence-electron chi connectivity index (χ0n) is 10.7. The van der Waals surface area contributed by atoms with Crippen LogP contribution in [-0.4, -0.2) is 23.8 Å². The average molecular weight is 236 g/mol. The van der Waals surface area contributed by atoms with Gasteiger partial charge in [0.2, 0.25) is 0 Å². The van der Waals surface area contributed by atoms with Crippen LogP contribution in [0.1, 0.15) is 26.7 Å². The van der Waals surface area contributed by atoms with E-state index in [0.717, 1.165) is 11.1 Å². The Hall–Kier alpha value is -1.09. The minimum atomic E-state index is -1.04. The highest BCUT2D eigenvalue weighted by Crippen LogP contribution is 2.52. The Morgan fingerprint density at radius 1 is 1.65 bits per heavy atom. The molecule has 3 heteroatoms. The van der Waals surface area contributed by atoms with E-state index in [1.807, 2.05) is 13.8 Å². The van der Waals surface area contributed by atoms with Gasteiger partial charge in [-0.1, -0.05) is 18.2 Å². The number of hydrogen-bond donors (Lipinski definition) is 1. The van der Waals surface area contributed by atoms with Gasteiger partial charge in [0.15, 0.2) is 0 Å². The van der Waals surface area contributed by atoms with Crippen LogP contribution in [-0.2, 0) is 9.53 Å². The number of carbonyl (C=O) groups is 1. The molecule has 0 aromatic heterocycles. The third kappa shape index (κ3) is 1.73. The van der Waals surface area contributed by atoms with E-state index in [2.05, 4.69) is 12.7 Å². The van der Waals surface area contributed by atoms with E-state index in [4.69, 9.17) is 4.74 Å². The highest BCUT2D eigenvalue weighted by Gasteiger charge is 2.54. The Morgan fingerprint density at radius 2 is 2.29 bits per heavy atom. The number of hydrogen-bond acceptors (Lipinski definition) is 3. The summed E-state index contributed by atoms with van der Waals surface area (Å²) >= 11 is 0. The smallest absolute Gasteiger partial charge is 0.311 e. The van der Waals surface area contributed by atoms with Crippen molar-refractivity contribution in [3.05, 3.63) is 23.8 Å². The Kier molecular flexibility index (Phi) is 2.90. The maximum absolute atomic E-state index is 11.8. The molecule has 0 amide bonds. The fourth-order valence-electron chi connectivity index (χ4n) is 3.32. The lowest BCUT2D eigenvalue weighted by Crippen LogP contribution is -2.54. The van der Waals surface area contributed by atoms with Crippen molar-refractivity contribution in [2.24, 2.45) is 17.8 Å². The molecule has 3 rings (SSSR count). The van der Waals surface area contributed by atoms with Crippen molar-refractivity contribution in [2.45, 2.75) is 32.3 Å². The lowest BCUT2D eigenvalue weighted by Gasteiger charge is -2.50. The molecular formula is C14H20O3. The number of aliphatic hydroxyl groups is 1. The number of allylic oxidation sites excluding steroid dienone is 2. The van der Waals surface area contributed by atoms with Crippen molar-refractivity contribution in [2.75, 3.05) is 7.11 Å². The number of rotatable bonds is 2. The maximum atomic E-state index is 11.8. The van der Waals surface area contributed by atoms with Crippen LogP contribution in [0.3, 0.4) is 0 Å². The summed E-state index contributed by atoms with van der Waals surface area (Å²) in [6, 6.07) is 0. The van der Waals surface area contributed by atoms with Crippen molar-refractivity contribution >= 4 is 5.97 Å². The molecular weight excluding hydrogens is 216 g/mol. The molecule has 0 aliphatic heterocycles. The number of fused-ring (bicyclic) bond motifs is 2. The number of carbonyl (C=O) groups excluding carboxylic acids is 1. The number of ether oxygens (including phenoxy) is 1. The molecule has 0 unspecified atom stereocenters. The molecule has 17 heavy (non-hydrogen) atoms. The molecule has 0 saturated heterocycles. The van der Waals surface area contributed by atoms with Gasteiger partial charge in [-0.05, 0) is 44.1 Å². The van der Waals surface area contributed by atoms with Crippen LogP contribution in [0.25, 0.3) is 0 Å². The lowest BCUT2D eigenvalue weighted by molar-refractivity contribution is -0.160. The molecule has 2 bridgehead atoms. The Morgan fingerprint density at radius 3 is 2.82 bits per heavy atom. The molecule has 0 radical (unpaired) electrons. The second-order valence-electron chi connectivity index (χ2n) is 5.41. The maximum Gasteiger partial charge on any atom is 0.311 e. The van der Waals surface area contributed by atoms with Gasteiger partial charge in [-0.3, -0.25) is 4.79 Å². The summed E-state index contributed by atoms with van der Waals surface area (Å²) in [6.45, 7) is 7.88. The molecule has 0 aromatic carbocycles. The standard InChI is InChI=1S/C14H20O3/c1-8(2)11-7-14(16)9(3)5-10(11)6-12(14)13(15)17-4/h5,10-12,16H,1,6-7H2,2-4H3/t10-,11+,12-,14-/m1/s1. The van der Waals surface area contributed by atoms with Crippen molar-refractivity contribution < 1.29 is 14.6 Å². The first kappa shape index (κ1) is 12.4. The normalized spacial score (nSPS) is 39.8. The van der Waals surface area contributed by atoms with E-state index in [1.165, 1.54) is 7.11 Å². The van der Waals surface area contributed by atoms with Crippen LogP contribution in [0, 0.1) is 17.8 Å². The average Bonchev–Trinajstić information content (AvgIpc) is 2.28. The quantitative estimate of drug-likeness (QED) is 0.589. The van der Waals surface area contributed by atoms with Gasteiger partial charge in [0.25, 0.3) is 0 Å². The van der Waals surface area contributed by atoms with Crippen LogP contribution in [0.5, 0.6) is 0 Å². The van der Waals surface area contributed by atoms with Gasteiger partial charge in [0, 0.05) is 0 Å². The molecule has 0 heterocycles. The van der Waals surface area contributed by atoms with Gasteiger partial charge in [-0.2, -0.15) is 0 Å². The van der Waals surface area contributed by atoms with Crippen molar-refractivity contribution in [3.8, 4) is 0 Å². The molecule has 1 saturated carbocycles. The van der Waals surface area contributed by atoms with Crippen molar-refractivity contribution in [1.82, 2.24) is 0 Å². The second-order valence-corrected chi connectivity index (χ2v) is 5.41. The molecule has 0 aromatic rings. The molecule has 1 N–H and O–H groups in total. The van der Waals surface area contributed by atoms with E-state index in [1.54, 1.807) is 0 Å². The first-order valence-electron chi connectivity index (χ1n) is 6.04. The zero-order chi connectivity index (χ0) is 12.8. The molecule has 3 aliphatic rings. The van der Waals surface area contributed by atoms with Crippen LogP contribution < -0.4 is 0 Å². The highest BCUT2D eigenvalue weighted by atomic mass is 16.5. The van der Waals surface area contributed by atoms with Gasteiger partial charge >= 0.3 is 5.97 Å². The van der Waals surface area contributed by atoms with Crippen molar-refractivity contribution in [3.63, 3.8) is 0 Å². The van der Waals surface area contributed by atoms with E-state index >= 15 is 0 Å². The molecule has 1 fully saturated rings. The van der Waals surface area contributed by atoms with E-state index in [0.29, 0.717) is 18.8 Å². The third-order valence-electron chi connectivity index (χ3n) is 4.40. The monoisotopic (exact) mass is 236 g/mol. The molecule has 94 valence electrons. The zero-order valence-corrected chi connectivity index (χ0v) is 10.7. The number of esters is 1. The first-order chi connectivity index (χ1) is 7.90. The van der Waals surface area contributed by atoms with E-state index in [-0.39, 0.29) is 11.9 Å². The first-order valence-corrected chi connectivity index (χ1v) is 6.04. The van der Waals surface area contributed by atoms with Crippen LogP contribution in [0.15, 0.2) is 23.8 Å². The Bertz CT molecular complexity index is 396. The summed E-state index contributed by atoms with van der Waals surface area (Å²) in [7, 11) is 1.38. The van der Waals surface area contributed by atoms with Crippen molar-refractivity contribution in [1.29, 1.82) is 0 Å². The minimum Gasteiger partial charge on any atom is -0.469 e. The van der Waals surface area contributed by atoms with Gasteiger partial charge in [-0.25, -0.2) is 0 Å². The predicted octanol–water partition coefficient (Wildman–Crippen LogP) is 2.07. The summed E-state index contributed by atoms with van der Waals surface area (Å²) in [5.41, 5.74) is 0.952. The fraction of sp³-hybridized carbons (Fsp3) is 0.643. The summed E-state index contributed by atoms with van der Waals surface area (Å²) < 4.78 is 4.80. The molecule has 4 atom stereocenters. The third-order valence-corrected chi connectivity index (χ3v) is 4.40. The minimum absolute atomic E-state index is 0.282. The SMILES string of the molecule is C=C(C)[C@@H]1C[C@@]2(O)C(C)=C[C@@H]1C[C@@H]2C(=O)OC. The topological polar surface area (TPSA) is 46.5 Å². The predicted molar refractivity (Wildman–Crippen MR) is 65.2 cm³/mol. The summed E-state index contributed by atoms with van der Waals surface area (Å²) in [4.78, 5) is 11.8. The summed E-state index contributed by atoms with van der Waals surface area (Å²) in [5, 5.41) is 10.8. The van der Waals surface area contributed by atoms with Gasteiger partial charge in [0.1, 0.15) is 0 Å². The largest absolute Gasteiger partial charge is 0.469 e. The van der Waals surface area contributed by atoms with Crippen LogP contribution in [0.4, 0.5) is 0 Å². The summed E-state index contributed by atoms with van der Waals surface area (Å²) in [6.07, 6.45) is 3.36. The van der Waals surface area contributed by atoms with E-state index < -0.39 is 11.5 Å². The highest BCUT2D eigenvalue weighted by molar-refractivity contribution is 5.75. The van der Waals surface area contributed by atoms with Gasteiger partial charge in [0.05, 0.1) is 18.6 Å². The molecule has 0 spiro atoms.